The van der Waals surface area contributed by atoms with Gasteiger partial charge in [-0.2, -0.15) is 0 Å². The van der Waals surface area contributed by atoms with Crippen LogP contribution in [0.2, 0.25) is 0 Å². The molecule has 3 aliphatic rings. The maximum absolute atomic E-state index is 13.6. The Labute approximate surface area is 532 Å². The monoisotopic (exact) mass is 1240 g/mol. The summed E-state index contributed by atoms with van der Waals surface area (Å²) in [6, 6.07) is 8.38. The molecular weight excluding hydrogens is 1130 g/mol. The minimum absolute atomic E-state index is 0. The van der Waals surface area contributed by atoms with Gasteiger partial charge in [0.1, 0.15) is 36.6 Å². The first-order valence-electron chi connectivity index (χ1n) is 30.5. The molecule has 1 aromatic rings. The largest absolute Gasteiger partial charge is 1.00 e. The smallest absolute Gasteiger partial charge is 0.547 e. The van der Waals surface area contributed by atoms with E-state index in [0.717, 1.165) is 36.9 Å². The number of aliphatic hydroxyl groups is 4. The molecule has 1 aromatic carbocycles. The number of ether oxygens (including phenoxy) is 15. The van der Waals surface area contributed by atoms with Gasteiger partial charge in [-0.3, -0.25) is 4.79 Å². The number of aliphatic hydroxyl groups excluding tert-OH is 4. The standard InChI is InChI=1S/C62H105NO22.Na/c1-45(47-19-17-46(18-20-47)44-82-48-14-11-9-8-10-12-15-48)63-21-23-72-25-27-74-29-31-76-33-35-78-37-39-80-41-43-81-42-40-79-38-36-77-34-32-75-30-28-73-26-24-71-22-13-16-49(64)55-50(61(2,3)4)51(65)54(68)60(84-55)85-56-52(66)53(67)58(62(5,6)7)83-57(56)59(69)70;/h8-9,17-20,48,50-58,60,63,65-68H,1,10-16,21-44H2,2-7H3,(H,69,70);/q;+1/p-1/b9-8+;/t48-,50-,51+,52-,53?,54?,55?,56-,57?,58+,60-;/m0./s1. The van der Waals surface area contributed by atoms with Gasteiger partial charge in [0.05, 0.1) is 170 Å². The summed E-state index contributed by atoms with van der Waals surface area (Å²) in [6.07, 6.45) is -3.44. The van der Waals surface area contributed by atoms with Crippen LogP contribution in [0, 0.1) is 16.7 Å². The second-order valence-electron chi connectivity index (χ2n) is 23.4. The van der Waals surface area contributed by atoms with Crippen molar-refractivity contribution in [3.8, 4) is 0 Å². The normalized spacial score (nSPS) is 25.0. The molecule has 0 amide bonds. The van der Waals surface area contributed by atoms with Gasteiger partial charge < -0.3 is 107 Å². The van der Waals surface area contributed by atoms with Crippen molar-refractivity contribution in [3.05, 3.63) is 54.1 Å². The quantitative estimate of drug-likeness (QED) is 0.0325. The Kier molecular flexibility index (Phi) is 41.1. The second-order valence-corrected chi connectivity index (χ2v) is 23.4. The van der Waals surface area contributed by atoms with E-state index >= 15 is 0 Å². The first kappa shape index (κ1) is 78.1. The van der Waals surface area contributed by atoms with Gasteiger partial charge in [0.2, 0.25) is 0 Å². The van der Waals surface area contributed by atoms with Crippen molar-refractivity contribution in [1.82, 2.24) is 5.32 Å². The molecule has 0 bridgehead atoms. The topological polar surface area (TPSA) is 289 Å². The van der Waals surface area contributed by atoms with Gasteiger partial charge in [0.15, 0.2) is 12.1 Å². The van der Waals surface area contributed by atoms with Crippen molar-refractivity contribution in [1.29, 1.82) is 0 Å². The molecule has 0 radical (unpaired) electrons. The van der Waals surface area contributed by atoms with Gasteiger partial charge in [-0.1, -0.05) is 84.5 Å². The second kappa shape index (κ2) is 45.2. The molecule has 23 nitrogen and oxygen atoms in total. The van der Waals surface area contributed by atoms with E-state index in [2.05, 4.69) is 48.3 Å². The number of ketones is 1. The van der Waals surface area contributed by atoms with Gasteiger partial charge in [-0.15, -0.1) is 0 Å². The van der Waals surface area contributed by atoms with Crippen LogP contribution in [0.1, 0.15) is 97.6 Å². The maximum Gasteiger partial charge on any atom is 1.00 e. The van der Waals surface area contributed by atoms with E-state index in [1.165, 1.54) is 12.0 Å². The number of rotatable bonds is 46. The Morgan fingerprint density at radius 1 is 0.570 bits per heavy atom. The average molecular weight is 1240 g/mol. The van der Waals surface area contributed by atoms with E-state index < -0.39 is 83.6 Å². The predicted octanol–water partition coefficient (Wildman–Crippen LogP) is -0.0323. The zero-order chi connectivity index (χ0) is 61.7. The van der Waals surface area contributed by atoms with Crippen LogP contribution in [-0.4, -0.2) is 245 Å². The number of carboxylic acid groups (broad SMARTS) is 1. The molecule has 4 rings (SSSR count). The Morgan fingerprint density at radius 2 is 1.02 bits per heavy atom. The number of allylic oxidation sites excluding steroid dienone is 2. The van der Waals surface area contributed by atoms with E-state index in [4.69, 9.17) is 71.1 Å². The zero-order valence-electron chi connectivity index (χ0n) is 52.6. The number of carboxylic acids is 1. The summed E-state index contributed by atoms with van der Waals surface area (Å²) in [5.41, 5.74) is 1.60. The van der Waals surface area contributed by atoms with Crippen molar-refractivity contribution < 1.29 is 136 Å². The molecule has 2 fully saturated rings. The molecule has 4 unspecified atom stereocenters. The first-order valence-corrected chi connectivity index (χ1v) is 30.5. The molecule has 0 spiro atoms. The SMILES string of the molecule is C=C(NCCOCCOCCOCCOCCOCCOCCOCCOCCOCCOCCOCCCC(=O)C1O[C@@H](O[C@@H]2C(C(=O)[O-])O[C@@H](C(C)(C)C)C(O)[C@@H]2O)C(O)[C@H](O)[C@@H]1C(C)(C)C)c1ccc(CO[C@H]2CC/C=C/CCC2)cc1.[Na+]. The van der Waals surface area contributed by atoms with Gasteiger partial charge >= 0.3 is 29.6 Å². The molecule has 0 aromatic heterocycles. The number of Topliss-reactive ketones (excluding diaryl/α,β-unsaturated/α-hetero) is 1. The number of aliphatic carboxylic acids is 1. The van der Waals surface area contributed by atoms with Crippen LogP contribution in [0.4, 0.5) is 0 Å². The molecule has 5 N–H and O–H groups in total. The Hall–Kier alpha value is -2.12. The first-order chi connectivity index (χ1) is 40.9. The molecule has 86 heavy (non-hydrogen) atoms. The summed E-state index contributed by atoms with van der Waals surface area (Å²) in [5.74, 6) is -2.98. The van der Waals surface area contributed by atoms with Crippen LogP contribution in [0.25, 0.3) is 5.70 Å². The molecule has 2 aliphatic heterocycles. The van der Waals surface area contributed by atoms with Crippen molar-refractivity contribution in [2.24, 2.45) is 16.7 Å². The number of carbonyl (C=O) groups excluding carboxylic acids is 2. The Balaban J connectivity index is 0.0000194. The van der Waals surface area contributed by atoms with Crippen LogP contribution < -0.4 is 40.0 Å². The van der Waals surface area contributed by atoms with E-state index in [-0.39, 0.29) is 49.2 Å². The number of nitrogens with one attached hydrogen (secondary N) is 1. The summed E-state index contributed by atoms with van der Waals surface area (Å²) in [4.78, 5) is 25.7. The minimum atomic E-state index is -1.85. The number of carbonyl (C=O) groups is 2. The molecule has 1 aliphatic carbocycles. The molecule has 2 heterocycles. The number of hydrogen-bond acceptors (Lipinski definition) is 23. The van der Waals surface area contributed by atoms with Crippen molar-refractivity contribution >= 4 is 17.4 Å². The Bertz CT molecular complexity index is 1960. The van der Waals surface area contributed by atoms with Gasteiger partial charge in [0, 0.05) is 31.2 Å². The van der Waals surface area contributed by atoms with Crippen molar-refractivity contribution in [3.63, 3.8) is 0 Å². The molecule has 490 valence electrons. The molecule has 24 heteroatoms. The summed E-state index contributed by atoms with van der Waals surface area (Å²) in [5, 5.41) is 59.6. The van der Waals surface area contributed by atoms with Crippen LogP contribution in [0.3, 0.4) is 0 Å². The maximum atomic E-state index is 13.6. The third-order valence-corrected chi connectivity index (χ3v) is 14.4. The van der Waals surface area contributed by atoms with Crippen LogP contribution in [0.15, 0.2) is 43.0 Å². The van der Waals surface area contributed by atoms with Gasteiger partial charge in [0.25, 0.3) is 0 Å². The van der Waals surface area contributed by atoms with Crippen LogP contribution in [0.5, 0.6) is 0 Å². The summed E-state index contributed by atoms with van der Waals surface area (Å²) in [6.45, 7) is 25.3. The van der Waals surface area contributed by atoms with E-state index in [1.54, 1.807) is 41.5 Å². The third-order valence-electron chi connectivity index (χ3n) is 14.4. The third kappa shape index (κ3) is 31.3. The number of benzene rings is 1. The molecular formula is C62H104NNaO22. The van der Waals surface area contributed by atoms with Crippen molar-refractivity contribution in [2.75, 3.05) is 152 Å². The van der Waals surface area contributed by atoms with E-state index in [0.29, 0.717) is 158 Å². The van der Waals surface area contributed by atoms with E-state index in [1.807, 2.05) is 0 Å². The van der Waals surface area contributed by atoms with Crippen molar-refractivity contribution in [2.45, 2.75) is 154 Å². The fraction of sp³-hybridized carbons (Fsp3) is 0.806. The molecule has 2 saturated heterocycles. The minimum Gasteiger partial charge on any atom is -0.547 e. The fourth-order valence-electron chi connectivity index (χ4n) is 9.77. The predicted molar refractivity (Wildman–Crippen MR) is 311 cm³/mol. The van der Waals surface area contributed by atoms with E-state index in [9.17, 15) is 35.1 Å². The fourth-order valence-corrected chi connectivity index (χ4v) is 9.77. The number of hydrogen-bond donors (Lipinski definition) is 5. The van der Waals surface area contributed by atoms with Crippen LogP contribution in [-0.2, 0) is 87.2 Å². The Morgan fingerprint density at radius 3 is 1.48 bits per heavy atom. The summed E-state index contributed by atoms with van der Waals surface area (Å²) in [7, 11) is 0. The average Bonchev–Trinajstić information content (AvgIpc) is 3.30. The van der Waals surface area contributed by atoms with Gasteiger partial charge in [-0.25, -0.2) is 0 Å². The van der Waals surface area contributed by atoms with Crippen LogP contribution >= 0.6 is 0 Å². The molecule has 11 atom stereocenters. The summed E-state index contributed by atoms with van der Waals surface area (Å²) < 4.78 is 84.8. The van der Waals surface area contributed by atoms with Gasteiger partial charge in [-0.05, 0) is 60.5 Å². The molecule has 0 saturated carbocycles. The summed E-state index contributed by atoms with van der Waals surface area (Å²) >= 11 is 0. The zero-order valence-corrected chi connectivity index (χ0v) is 54.6.